The average Bonchev–Trinajstić information content (AvgIpc) is 2.60. The summed E-state index contributed by atoms with van der Waals surface area (Å²) in [5, 5.41) is 9.13. The molecule has 0 aliphatic carbocycles. The summed E-state index contributed by atoms with van der Waals surface area (Å²) in [7, 11) is 3.29. The standard InChI is InChI=1S/C20H39NO3/c1-6-8-10-11-12-13-14-15-17-20(23-5,24-18-21)19(3,22-4)16-9-7-2/h6-17H2,1-5H3. The first-order chi connectivity index (χ1) is 11.6. The number of hydrogen-bond donors (Lipinski definition) is 0. The molecule has 0 spiro atoms. The quantitative estimate of drug-likeness (QED) is 0.198. The van der Waals surface area contributed by atoms with Crippen LogP contribution in [0.2, 0.25) is 0 Å². The molecule has 0 aliphatic rings. The monoisotopic (exact) mass is 341 g/mol. The zero-order chi connectivity index (χ0) is 18.3. The molecule has 0 aliphatic heterocycles. The van der Waals surface area contributed by atoms with Crippen LogP contribution in [0.3, 0.4) is 0 Å². The molecule has 4 nitrogen and oxygen atoms in total. The maximum atomic E-state index is 9.13. The maximum absolute atomic E-state index is 9.13. The summed E-state index contributed by atoms with van der Waals surface area (Å²) in [6, 6.07) is 0. The zero-order valence-electron chi connectivity index (χ0n) is 16.7. The molecular weight excluding hydrogens is 302 g/mol. The van der Waals surface area contributed by atoms with Gasteiger partial charge in [0.1, 0.15) is 5.60 Å². The van der Waals surface area contributed by atoms with Crippen molar-refractivity contribution < 1.29 is 14.2 Å². The van der Waals surface area contributed by atoms with Gasteiger partial charge in [0.05, 0.1) is 0 Å². The van der Waals surface area contributed by atoms with Gasteiger partial charge in [-0.2, -0.15) is 5.26 Å². The van der Waals surface area contributed by atoms with Gasteiger partial charge in [0.15, 0.2) is 0 Å². The number of unbranched alkanes of at least 4 members (excludes halogenated alkanes) is 8. The van der Waals surface area contributed by atoms with E-state index in [9.17, 15) is 0 Å². The Morgan fingerprint density at radius 2 is 1.29 bits per heavy atom. The van der Waals surface area contributed by atoms with E-state index >= 15 is 0 Å². The van der Waals surface area contributed by atoms with Crippen molar-refractivity contribution in [2.75, 3.05) is 14.2 Å². The van der Waals surface area contributed by atoms with Crippen molar-refractivity contribution in [2.45, 2.75) is 109 Å². The second-order valence-electron chi connectivity index (χ2n) is 6.91. The summed E-state index contributed by atoms with van der Waals surface area (Å²) in [5.74, 6) is -0.992. The normalized spacial score (nSPS) is 16.2. The Morgan fingerprint density at radius 3 is 1.75 bits per heavy atom. The SMILES string of the molecule is CCCCCCCCCCC(OC)(OC#N)C(C)(CCCC)OC. The third kappa shape index (κ3) is 7.40. The number of rotatable bonds is 16. The predicted octanol–water partition coefficient (Wildman–Crippen LogP) is 5.95. The van der Waals surface area contributed by atoms with E-state index in [1.807, 2.05) is 13.2 Å². The van der Waals surface area contributed by atoms with Crippen molar-refractivity contribution in [2.24, 2.45) is 0 Å². The molecule has 0 amide bonds. The molecule has 0 aromatic carbocycles. The van der Waals surface area contributed by atoms with E-state index in [1.165, 1.54) is 38.5 Å². The van der Waals surface area contributed by atoms with Crippen molar-refractivity contribution in [3.8, 4) is 6.26 Å². The van der Waals surface area contributed by atoms with E-state index in [-0.39, 0.29) is 0 Å². The molecule has 0 saturated carbocycles. The number of ether oxygens (including phenoxy) is 3. The molecule has 0 N–H and O–H groups in total. The average molecular weight is 342 g/mol. The van der Waals surface area contributed by atoms with Crippen LogP contribution in [0.4, 0.5) is 0 Å². The summed E-state index contributed by atoms with van der Waals surface area (Å²) < 4.78 is 16.9. The molecule has 0 saturated heterocycles. The molecular formula is C20H39NO3. The molecule has 24 heavy (non-hydrogen) atoms. The van der Waals surface area contributed by atoms with Crippen molar-refractivity contribution >= 4 is 0 Å². The molecule has 0 aromatic heterocycles. The van der Waals surface area contributed by atoms with Gasteiger partial charge in [-0.15, -0.1) is 0 Å². The fourth-order valence-electron chi connectivity index (χ4n) is 3.31. The first kappa shape index (κ1) is 23.2. The highest BCUT2D eigenvalue weighted by atomic mass is 16.7. The van der Waals surface area contributed by atoms with Gasteiger partial charge in [-0.3, -0.25) is 0 Å². The van der Waals surface area contributed by atoms with Crippen LogP contribution in [0, 0.1) is 11.5 Å². The molecule has 0 fully saturated rings. The van der Waals surface area contributed by atoms with E-state index in [0.29, 0.717) is 6.42 Å². The second kappa shape index (κ2) is 13.5. The Morgan fingerprint density at radius 1 is 0.750 bits per heavy atom. The van der Waals surface area contributed by atoms with Gasteiger partial charge in [-0.25, -0.2) is 0 Å². The minimum absolute atomic E-state index is 0.616. The molecule has 2 atom stereocenters. The van der Waals surface area contributed by atoms with E-state index < -0.39 is 11.4 Å². The number of nitrogens with zero attached hydrogens (tertiary/aromatic N) is 1. The van der Waals surface area contributed by atoms with Crippen LogP contribution < -0.4 is 0 Å². The Bertz CT molecular complexity index is 342. The number of hydrogen-bond acceptors (Lipinski definition) is 4. The maximum Gasteiger partial charge on any atom is 0.289 e. The molecule has 0 aromatic rings. The predicted molar refractivity (Wildman–Crippen MR) is 98.6 cm³/mol. The topological polar surface area (TPSA) is 51.5 Å². The third-order valence-electron chi connectivity index (χ3n) is 5.16. The molecule has 0 heterocycles. The lowest BCUT2D eigenvalue weighted by Gasteiger charge is -2.44. The minimum atomic E-state index is -0.992. The molecule has 142 valence electrons. The van der Waals surface area contributed by atoms with Crippen LogP contribution in [0.25, 0.3) is 0 Å². The largest absolute Gasteiger partial charge is 0.389 e. The first-order valence-electron chi connectivity index (χ1n) is 9.73. The fraction of sp³-hybridized carbons (Fsp3) is 0.950. The van der Waals surface area contributed by atoms with Gasteiger partial charge in [0, 0.05) is 20.6 Å². The van der Waals surface area contributed by atoms with Crippen molar-refractivity contribution in [1.82, 2.24) is 0 Å². The van der Waals surface area contributed by atoms with Crippen molar-refractivity contribution in [1.29, 1.82) is 5.26 Å². The lowest BCUT2D eigenvalue weighted by atomic mass is 9.85. The van der Waals surface area contributed by atoms with E-state index in [4.69, 9.17) is 19.5 Å². The lowest BCUT2D eigenvalue weighted by Crippen LogP contribution is -2.56. The van der Waals surface area contributed by atoms with Gasteiger partial charge in [-0.05, 0) is 19.8 Å². The molecule has 0 radical (unpaired) electrons. The van der Waals surface area contributed by atoms with E-state index in [2.05, 4.69) is 13.8 Å². The Hall–Kier alpha value is -0.790. The Kier molecular flexibility index (Phi) is 13.1. The summed E-state index contributed by atoms with van der Waals surface area (Å²) in [4.78, 5) is 0. The van der Waals surface area contributed by atoms with Crippen LogP contribution >= 0.6 is 0 Å². The van der Waals surface area contributed by atoms with Gasteiger partial charge < -0.3 is 14.2 Å². The molecule has 4 heteroatoms. The fourth-order valence-corrected chi connectivity index (χ4v) is 3.31. The van der Waals surface area contributed by atoms with Crippen LogP contribution in [0.1, 0.15) is 97.8 Å². The van der Waals surface area contributed by atoms with E-state index in [1.54, 1.807) is 14.2 Å². The Balaban J connectivity index is 4.55. The highest BCUT2D eigenvalue weighted by Crippen LogP contribution is 2.38. The summed E-state index contributed by atoms with van der Waals surface area (Å²) >= 11 is 0. The summed E-state index contributed by atoms with van der Waals surface area (Å²) in [6.07, 6.45) is 15.4. The van der Waals surface area contributed by atoms with Crippen LogP contribution in [-0.2, 0) is 14.2 Å². The zero-order valence-corrected chi connectivity index (χ0v) is 16.7. The highest BCUT2D eigenvalue weighted by molar-refractivity contribution is 4.94. The van der Waals surface area contributed by atoms with Gasteiger partial charge in [0.25, 0.3) is 12.0 Å². The summed E-state index contributed by atoms with van der Waals surface area (Å²) in [5.41, 5.74) is -0.616. The third-order valence-corrected chi connectivity index (χ3v) is 5.16. The van der Waals surface area contributed by atoms with Gasteiger partial charge >= 0.3 is 0 Å². The van der Waals surface area contributed by atoms with Crippen LogP contribution in [0.5, 0.6) is 0 Å². The number of methoxy groups -OCH3 is 2. The Labute approximate surface area is 149 Å². The summed E-state index contributed by atoms with van der Waals surface area (Å²) in [6.45, 7) is 6.38. The highest BCUT2D eigenvalue weighted by Gasteiger charge is 2.51. The lowest BCUT2D eigenvalue weighted by molar-refractivity contribution is -0.294. The van der Waals surface area contributed by atoms with Crippen molar-refractivity contribution in [3.63, 3.8) is 0 Å². The van der Waals surface area contributed by atoms with Gasteiger partial charge in [0.2, 0.25) is 0 Å². The van der Waals surface area contributed by atoms with E-state index in [0.717, 1.165) is 32.1 Å². The second-order valence-corrected chi connectivity index (χ2v) is 6.91. The molecule has 0 bridgehead atoms. The smallest absolute Gasteiger partial charge is 0.289 e. The minimum Gasteiger partial charge on any atom is -0.389 e. The van der Waals surface area contributed by atoms with Crippen molar-refractivity contribution in [3.05, 3.63) is 0 Å². The van der Waals surface area contributed by atoms with Crippen LogP contribution in [-0.4, -0.2) is 25.6 Å². The van der Waals surface area contributed by atoms with Gasteiger partial charge in [-0.1, -0.05) is 71.6 Å². The van der Waals surface area contributed by atoms with Crippen LogP contribution in [0.15, 0.2) is 0 Å². The number of nitriles is 1. The molecule has 0 rings (SSSR count). The molecule has 2 unspecified atom stereocenters. The first-order valence-corrected chi connectivity index (χ1v) is 9.73.